The van der Waals surface area contributed by atoms with Gasteiger partial charge in [0.1, 0.15) is 5.75 Å². The summed E-state index contributed by atoms with van der Waals surface area (Å²) in [5.41, 5.74) is 3.48. The zero-order chi connectivity index (χ0) is 12.5. The highest BCUT2D eigenvalue weighted by Gasteiger charge is 2.23. The SMILES string of the molecule is CNC(c1ccn(C)n1)c1cccc2c1OCC2. The number of aryl methyl sites for hydroxylation is 1. The second-order valence-corrected chi connectivity index (χ2v) is 4.57. The van der Waals surface area contributed by atoms with Gasteiger partial charge >= 0.3 is 0 Å². The van der Waals surface area contributed by atoms with E-state index in [9.17, 15) is 0 Å². The minimum absolute atomic E-state index is 0.0826. The Labute approximate surface area is 107 Å². The first-order valence-electron chi connectivity index (χ1n) is 6.21. The summed E-state index contributed by atoms with van der Waals surface area (Å²) in [7, 11) is 3.88. The van der Waals surface area contributed by atoms with Crippen LogP contribution in [-0.2, 0) is 13.5 Å². The minimum atomic E-state index is 0.0826. The monoisotopic (exact) mass is 243 g/mol. The molecule has 4 heteroatoms. The molecule has 2 heterocycles. The van der Waals surface area contributed by atoms with E-state index in [1.807, 2.05) is 31.0 Å². The average molecular weight is 243 g/mol. The summed E-state index contributed by atoms with van der Waals surface area (Å²) >= 11 is 0. The fraction of sp³-hybridized carbons (Fsp3) is 0.357. The van der Waals surface area contributed by atoms with Gasteiger partial charge in [0.05, 0.1) is 18.3 Å². The van der Waals surface area contributed by atoms with Gasteiger partial charge < -0.3 is 10.1 Å². The van der Waals surface area contributed by atoms with Crippen molar-refractivity contribution in [2.24, 2.45) is 7.05 Å². The number of ether oxygens (including phenoxy) is 1. The molecule has 0 saturated heterocycles. The number of nitrogens with one attached hydrogen (secondary N) is 1. The first kappa shape index (κ1) is 11.3. The van der Waals surface area contributed by atoms with Crippen molar-refractivity contribution in [2.45, 2.75) is 12.5 Å². The molecule has 1 unspecified atom stereocenters. The van der Waals surface area contributed by atoms with Crippen LogP contribution in [0.2, 0.25) is 0 Å². The van der Waals surface area contributed by atoms with Crippen LogP contribution in [0, 0.1) is 0 Å². The Morgan fingerprint density at radius 3 is 3.00 bits per heavy atom. The van der Waals surface area contributed by atoms with Crippen molar-refractivity contribution in [3.63, 3.8) is 0 Å². The van der Waals surface area contributed by atoms with Crippen LogP contribution in [0.4, 0.5) is 0 Å². The van der Waals surface area contributed by atoms with E-state index in [1.165, 1.54) is 11.1 Å². The molecule has 1 aliphatic rings. The molecule has 94 valence electrons. The van der Waals surface area contributed by atoms with E-state index in [1.54, 1.807) is 0 Å². The quantitative estimate of drug-likeness (QED) is 0.891. The average Bonchev–Trinajstić information content (AvgIpc) is 2.99. The molecule has 0 radical (unpaired) electrons. The van der Waals surface area contributed by atoms with Crippen LogP contribution in [0.5, 0.6) is 5.75 Å². The Kier molecular flexibility index (Phi) is 2.80. The van der Waals surface area contributed by atoms with Crippen molar-refractivity contribution in [3.05, 3.63) is 47.3 Å². The Bertz CT molecular complexity index is 562. The van der Waals surface area contributed by atoms with Gasteiger partial charge in [0, 0.05) is 25.2 Å². The number of nitrogens with zero attached hydrogens (tertiary/aromatic N) is 2. The van der Waals surface area contributed by atoms with E-state index >= 15 is 0 Å². The minimum Gasteiger partial charge on any atom is -0.493 e. The van der Waals surface area contributed by atoms with E-state index < -0.39 is 0 Å². The third kappa shape index (κ3) is 1.78. The Hall–Kier alpha value is -1.81. The largest absolute Gasteiger partial charge is 0.493 e. The van der Waals surface area contributed by atoms with Gasteiger partial charge in [-0.1, -0.05) is 18.2 Å². The molecular formula is C14H17N3O. The molecule has 1 aromatic carbocycles. The van der Waals surface area contributed by atoms with Crippen molar-refractivity contribution in [2.75, 3.05) is 13.7 Å². The lowest BCUT2D eigenvalue weighted by atomic mass is 10.00. The van der Waals surface area contributed by atoms with Gasteiger partial charge in [-0.25, -0.2) is 0 Å². The van der Waals surface area contributed by atoms with E-state index in [4.69, 9.17) is 4.74 Å². The van der Waals surface area contributed by atoms with Crippen molar-refractivity contribution in [3.8, 4) is 5.75 Å². The van der Waals surface area contributed by atoms with Gasteiger partial charge in [-0.3, -0.25) is 4.68 Å². The molecule has 1 aliphatic heterocycles. The molecule has 1 atom stereocenters. The number of hydrogen-bond donors (Lipinski definition) is 1. The summed E-state index contributed by atoms with van der Waals surface area (Å²) < 4.78 is 7.59. The van der Waals surface area contributed by atoms with Crippen LogP contribution in [0.25, 0.3) is 0 Å². The van der Waals surface area contributed by atoms with E-state index in [0.717, 1.165) is 24.5 Å². The van der Waals surface area contributed by atoms with Crippen LogP contribution in [0.3, 0.4) is 0 Å². The van der Waals surface area contributed by atoms with Crippen LogP contribution in [0.15, 0.2) is 30.5 Å². The van der Waals surface area contributed by atoms with Gasteiger partial charge in [-0.15, -0.1) is 0 Å². The third-order valence-corrected chi connectivity index (χ3v) is 3.37. The van der Waals surface area contributed by atoms with Gasteiger partial charge in [-0.2, -0.15) is 5.10 Å². The number of rotatable bonds is 3. The molecule has 4 nitrogen and oxygen atoms in total. The topological polar surface area (TPSA) is 39.1 Å². The molecule has 1 N–H and O–H groups in total. The number of hydrogen-bond acceptors (Lipinski definition) is 3. The fourth-order valence-corrected chi connectivity index (χ4v) is 2.52. The predicted octanol–water partition coefficient (Wildman–Crippen LogP) is 1.66. The molecule has 18 heavy (non-hydrogen) atoms. The maximum absolute atomic E-state index is 5.77. The van der Waals surface area contributed by atoms with Gasteiger partial charge in [0.25, 0.3) is 0 Å². The Morgan fingerprint density at radius 1 is 1.39 bits per heavy atom. The summed E-state index contributed by atoms with van der Waals surface area (Å²) in [6, 6.07) is 8.46. The predicted molar refractivity (Wildman–Crippen MR) is 69.8 cm³/mol. The lowest BCUT2D eigenvalue weighted by Crippen LogP contribution is -2.19. The fourth-order valence-electron chi connectivity index (χ4n) is 2.52. The summed E-state index contributed by atoms with van der Waals surface area (Å²) in [4.78, 5) is 0. The summed E-state index contributed by atoms with van der Waals surface area (Å²) in [5, 5.41) is 7.80. The van der Waals surface area contributed by atoms with Crippen molar-refractivity contribution >= 4 is 0 Å². The van der Waals surface area contributed by atoms with E-state index in [0.29, 0.717) is 0 Å². The third-order valence-electron chi connectivity index (χ3n) is 3.37. The molecule has 0 saturated carbocycles. The zero-order valence-corrected chi connectivity index (χ0v) is 10.7. The van der Waals surface area contributed by atoms with E-state index in [-0.39, 0.29) is 6.04 Å². The first-order chi connectivity index (χ1) is 8.79. The van der Waals surface area contributed by atoms with Crippen molar-refractivity contribution in [1.29, 1.82) is 0 Å². The van der Waals surface area contributed by atoms with Crippen LogP contribution in [0.1, 0.15) is 22.9 Å². The molecule has 3 rings (SSSR count). The highest BCUT2D eigenvalue weighted by molar-refractivity contribution is 5.47. The van der Waals surface area contributed by atoms with Crippen LogP contribution < -0.4 is 10.1 Å². The molecule has 2 aromatic rings. The maximum atomic E-state index is 5.77. The number of benzene rings is 1. The number of fused-ring (bicyclic) bond motifs is 1. The Morgan fingerprint density at radius 2 is 2.28 bits per heavy atom. The Balaban J connectivity index is 2.05. The smallest absolute Gasteiger partial charge is 0.127 e. The number of para-hydroxylation sites is 1. The normalized spacial score (nSPS) is 15.2. The standard InChI is InChI=1S/C14H17N3O/c1-15-13(12-6-8-17(2)16-12)11-5-3-4-10-7-9-18-14(10)11/h3-6,8,13,15H,7,9H2,1-2H3. The van der Waals surface area contributed by atoms with E-state index in [2.05, 4.69) is 28.6 Å². The molecule has 1 aromatic heterocycles. The molecule has 0 aliphatic carbocycles. The maximum Gasteiger partial charge on any atom is 0.127 e. The second-order valence-electron chi connectivity index (χ2n) is 4.57. The van der Waals surface area contributed by atoms with Crippen LogP contribution in [-0.4, -0.2) is 23.4 Å². The molecular weight excluding hydrogens is 226 g/mol. The van der Waals surface area contributed by atoms with Crippen molar-refractivity contribution in [1.82, 2.24) is 15.1 Å². The van der Waals surface area contributed by atoms with Gasteiger partial charge in [0.15, 0.2) is 0 Å². The second kappa shape index (κ2) is 4.46. The summed E-state index contributed by atoms with van der Waals surface area (Å²) in [6.07, 6.45) is 2.96. The highest BCUT2D eigenvalue weighted by Crippen LogP contribution is 2.35. The molecule has 0 bridgehead atoms. The zero-order valence-electron chi connectivity index (χ0n) is 10.7. The highest BCUT2D eigenvalue weighted by atomic mass is 16.5. The molecule has 0 amide bonds. The lowest BCUT2D eigenvalue weighted by Gasteiger charge is -2.17. The van der Waals surface area contributed by atoms with Gasteiger partial charge in [-0.05, 0) is 18.7 Å². The summed E-state index contributed by atoms with van der Waals surface area (Å²) in [6.45, 7) is 0.783. The first-order valence-corrected chi connectivity index (χ1v) is 6.21. The van der Waals surface area contributed by atoms with Gasteiger partial charge in [0.2, 0.25) is 0 Å². The van der Waals surface area contributed by atoms with Crippen molar-refractivity contribution < 1.29 is 4.74 Å². The molecule has 0 fully saturated rings. The summed E-state index contributed by atoms with van der Waals surface area (Å²) in [5.74, 6) is 1.03. The lowest BCUT2D eigenvalue weighted by molar-refractivity contribution is 0.351. The molecule has 0 spiro atoms. The number of aromatic nitrogens is 2. The van der Waals surface area contributed by atoms with Crippen LogP contribution >= 0.6 is 0 Å².